The van der Waals surface area contributed by atoms with Crippen LogP contribution in [0.4, 0.5) is 0 Å². The molecule has 2 aromatic carbocycles. The van der Waals surface area contributed by atoms with Crippen molar-refractivity contribution >= 4 is 11.8 Å². The van der Waals surface area contributed by atoms with Gasteiger partial charge in [-0.25, -0.2) is 0 Å². The highest BCUT2D eigenvalue weighted by Gasteiger charge is 2.27. The molecule has 0 radical (unpaired) electrons. The standard InChI is InChI=1S/C24H30N2O3/c1-6-15-29-21-13-9-19(10-14-21)16-26(5)24(28)22(17(2)3)25-23(27)20-11-7-18(4)8-12-20/h6-14,17,22H,1,15-16H2,2-5H3,(H,25,27)/t22-/m0/s1. The highest BCUT2D eigenvalue weighted by Crippen LogP contribution is 2.15. The number of ether oxygens (including phenoxy) is 1. The van der Waals surface area contributed by atoms with Gasteiger partial charge in [-0.1, -0.05) is 56.3 Å². The smallest absolute Gasteiger partial charge is 0.251 e. The van der Waals surface area contributed by atoms with Crippen molar-refractivity contribution in [3.8, 4) is 5.75 Å². The molecule has 0 unspecified atom stereocenters. The minimum atomic E-state index is -0.594. The van der Waals surface area contributed by atoms with Crippen LogP contribution >= 0.6 is 0 Å². The van der Waals surface area contributed by atoms with Crippen LogP contribution in [0.3, 0.4) is 0 Å². The van der Waals surface area contributed by atoms with Gasteiger partial charge in [-0.2, -0.15) is 0 Å². The fourth-order valence-electron chi connectivity index (χ4n) is 2.88. The number of hydrogen-bond donors (Lipinski definition) is 1. The third-order valence-electron chi connectivity index (χ3n) is 4.62. The minimum Gasteiger partial charge on any atom is -0.490 e. The zero-order chi connectivity index (χ0) is 21.4. The molecule has 0 saturated carbocycles. The van der Waals surface area contributed by atoms with E-state index in [0.717, 1.165) is 16.9 Å². The van der Waals surface area contributed by atoms with Crippen LogP contribution in [0.15, 0.2) is 61.2 Å². The molecular weight excluding hydrogens is 364 g/mol. The largest absolute Gasteiger partial charge is 0.490 e. The molecule has 0 bridgehead atoms. The maximum Gasteiger partial charge on any atom is 0.251 e. The van der Waals surface area contributed by atoms with Gasteiger partial charge in [0.1, 0.15) is 18.4 Å². The average Bonchev–Trinajstić information content (AvgIpc) is 2.71. The number of hydrogen-bond acceptors (Lipinski definition) is 3. The number of nitrogens with zero attached hydrogens (tertiary/aromatic N) is 1. The summed E-state index contributed by atoms with van der Waals surface area (Å²) in [6.45, 7) is 10.4. The Balaban J connectivity index is 2.02. The highest BCUT2D eigenvalue weighted by atomic mass is 16.5. The summed E-state index contributed by atoms with van der Waals surface area (Å²) < 4.78 is 5.48. The Labute approximate surface area is 173 Å². The van der Waals surface area contributed by atoms with Crippen molar-refractivity contribution in [3.05, 3.63) is 77.9 Å². The molecule has 0 aliphatic carbocycles. The molecule has 2 aromatic rings. The van der Waals surface area contributed by atoms with Crippen LogP contribution in [0.25, 0.3) is 0 Å². The summed E-state index contributed by atoms with van der Waals surface area (Å²) in [6.07, 6.45) is 1.69. The summed E-state index contributed by atoms with van der Waals surface area (Å²) in [5, 5.41) is 2.89. The zero-order valence-electron chi connectivity index (χ0n) is 17.6. The fourth-order valence-corrected chi connectivity index (χ4v) is 2.88. The SMILES string of the molecule is C=CCOc1ccc(CN(C)C(=O)[C@@H](NC(=O)c2ccc(C)cc2)C(C)C)cc1. The molecule has 0 fully saturated rings. The third-order valence-corrected chi connectivity index (χ3v) is 4.62. The van der Waals surface area contributed by atoms with E-state index in [1.165, 1.54) is 0 Å². The summed E-state index contributed by atoms with van der Waals surface area (Å²) in [6, 6.07) is 14.3. The van der Waals surface area contributed by atoms with Crippen LogP contribution in [-0.4, -0.2) is 36.4 Å². The number of carbonyl (C=O) groups is 2. The second-order valence-corrected chi connectivity index (χ2v) is 7.50. The lowest BCUT2D eigenvalue weighted by Crippen LogP contribution is -2.50. The highest BCUT2D eigenvalue weighted by molar-refractivity contribution is 5.97. The summed E-state index contributed by atoms with van der Waals surface area (Å²) in [7, 11) is 1.75. The second kappa shape index (κ2) is 10.5. The zero-order valence-corrected chi connectivity index (χ0v) is 17.6. The molecular formula is C24H30N2O3. The van der Waals surface area contributed by atoms with E-state index in [2.05, 4.69) is 11.9 Å². The Kier molecular flexibility index (Phi) is 8.01. The van der Waals surface area contributed by atoms with Gasteiger partial charge in [0.05, 0.1) is 0 Å². The van der Waals surface area contributed by atoms with Gasteiger partial charge >= 0.3 is 0 Å². The predicted molar refractivity (Wildman–Crippen MR) is 116 cm³/mol. The van der Waals surface area contributed by atoms with Gasteiger partial charge in [0, 0.05) is 19.2 Å². The number of carbonyl (C=O) groups excluding carboxylic acids is 2. The minimum absolute atomic E-state index is 0.0333. The van der Waals surface area contributed by atoms with Crippen molar-refractivity contribution in [1.82, 2.24) is 10.2 Å². The molecule has 0 saturated heterocycles. The first-order valence-electron chi connectivity index (χ1n) is 9.77. The molecule has 29 heavy (non-hydrogen) atoms. The van der Waals surface area contributed by atoms with Crippen molar-refractivity contribution < 1.29 is 14.3 Å². The summed E-state index contributed by atoms with van der Waals surface area (Å²) >= 11 is 0. The Bertz CT molecular complexity index is 826. The average molecular weight is 395 g/mol. The van der Waals surface area contributed by atoms with E-state index in [1.54, 1.807) is 30.2 Å². The quantitative estimate of drug-likeness (QED) is 0.655. The Hall–Kier alpha value is -3.08. The van der Waals surface area contributed by atoms with Gasteiger partial charge < -0.3 is 15.0 Å². The molecule has 0 spiro atoms. The van der Waals surface area contributed by atoms with Crippen molar-refractivity contribution in [1.29, 1.82) is 0 Å². The topological polar surface area (TPSA) is 58.6 Å². The van der Waals surface area contributed by atoms with E-state index in [0.29, 0.717) is 18.7 Å². The summed E-state index contributed by atoms with van der Waals surface area (Å²) in [5.41, 5.74) is 2.62. The van der Waals surface area contributed by atoms with E-state index in [-0.39, 0.29) is 17.7 Å². The molecule has 5 heteroatoms. The number of aryl methyl sites for hydroxylation is 1. The van der Waals surface area contributed by atoms with Crippen LogP contribution in [0.2, 0.25) is 0 Å². The third kappa shape index (κ3) is 6.49. The van der Waals surface area contributed by atoms with E-state index in [4.69, 9.17) is 4.74 Å². The summed E-state index contributed by atoms with van der Waals surface area (Å²) in [4.78, 5) is 27.2. The lowest BCUT2D eigenvalue weighted by Gasteiger charge is -2.27. The van der Waals surface area contributed by atoms with Crippen molar-refractivity contribution in [2.24, 2.45) is 5.92 Å². The second-order valence-electron chi connectivity index (χ2n) is 7.50. The molecule has 1 atom stereocenters. The molecule has 0 aliphatic heterocycles. The number of nitrogens with one attached hydrogen (secondary N) is 1. The molecule has 2 rings (SSSR count). The Morgan fingerprint density at radius 1 is 1.10 bits per heavy atom. The first-order chi connectivity index (χ1) is 13.8. The van der Waals surface area contributed by atoms with Crippen LogP contribution in [0.1, 0.15) is 35.3 Å². The molecule has 2 amide bonds. The van der Waals surface area contributed by atoms with Gasteiger partial charge in [0.25, 0.3) is 5.91 Å². The first kappa shape index (κ1) is 22.2. The molecule has 0 aromatic heterocycles. The van der Waals surface area contributed by atoms with Crippen molar-refractivity contribution in [2.75, 3.05) is 13.7 Å². The molecule has 5 nitrogen and oxygen atoms in total. The van der Waals surface area contributed by atoms with E-state index in [9.17, 15) is 9.59 Å². The van der Waals surface area contributed by atoms with E-state index < -0.39 is 6.04 Å². The number of rotatable bonds is 9. The summed E-state index contributed by atoms with van der Waals surface area (Å²) in [5.74, 6) is 0.365. The van der Waals surface area contributed by atoms with Crippen LogP contribution in [0.5, 0.6) is 5.75 Å². The van der Waals surface area contributed by atoms with Crippen LogP contribution in [0, 0.1) is 12.8 Å². The molecule has 0 heterocycles. The van der Waals surface area contributed by atoms with Gasteiger partial charge in [-0.05, 0) is 42.7 Å². The van der Waals surface area contributed by atoms with Gasteiger partial charge in [-0.15, -0.1) is 0 Å². The van der Waals surface area contributed by atoms with Crippen molar-refractivity contribution in [2.45, 2.75) is 33.4 Å². The predicted octanol–water partition coefficient (Wildman–Crippen LogP) is 3.97. The molecule has 1 N–H and O–H groups in total. The van der Waals surface area contributed by atoms with Crippen LogP contribution in [-0.2, 0) is 11.3 Å². The number of likely N-dealkylation sites (N-methyl/N-ethyl adjacent to an activating group) is 1. The molecule has 154 valence electrons. The maximum absolute atomic E-state index is 13.0. The van der Waals surface area contributed by atoms with E-state index in [1.807, 2.05) is 57.2 Å². The van der Waals surface area contributed by atoms with E-state index >= 15 is 0 Å². The van der Waals surface area contributed by atoms with Gasteiger partial charge in [0.15, 0.2) is 0 Å². The molecule has 0 aliphatic rings. The lowest BCUT2D eigenvalue weighted by molar-refractivity contribution is -0.133. The Morgan fingerprint density at radius 2 is 1.72 bits per heavy atom. The fraction of sp³-hybridized carbons (Fsp3) is 0.333. The first-order valence-corrected chi connectivity index (χ1v) is 9.77. The maximum atomic E-state index is 13.0. The normalized spacial score (nSPS) is 11.6. The van der Waals surface area contributed by atoms with Gasteiger partial charge in [0.2, 0.25) is 5.91 Å². The number of amides is 2. The van der Waals surface area contributed by atoms with Crippen molar-refractivity contribution in [3.63, 3.8) is 0 Å². The monoisotopic (exact) mass is 394 g/mol. The number of benzene rings is 2. The van der Waals surface area contributed by atoms with Gasteiger partial charge in [-0.3, -0.25) is 9.59 Å². The lowest BCUT2D eigenvalue weighted by atomic mass is 10.0. The Morgan fingerprint density at radius 3 is 2.28 bits per heavy atom. The van der Waals surface area contributed by atoms with Crippen LogP contribution < -0.4 is 10.1 Å².